The van der Waals surface area contributed by atoms with E-state index in [-0.39, 0.29) is 37.0 Å². The highest BCUT2D eigenvalue weighted by Gasteiger charge is 2.31. The molecule has 0 fully saturated rings. The van der Waals surface area contributed by atoms with Crippen LogP contribution in [0.4, 0.5) is 11.4 Å². The number of benzene rings is 2. The zero-order valence-corrected chi connectivity index (χ0v) is 14.5. The predicted molar refractivity (Wildman–Crippen MR) is 91.9 cm³/mol. The smallest absolute Gasteiger partial charge is 0.285 e. The van der Waals surface area contributed by atoms with E-state index in [1.165, 1.54) is 24.3 Å². The first-order valence-electron chi connectivity index (χ1n) is 6.24. The van der Waals surface area contributed by atoms with E-state index in [1.807, 2.05) is 0 Å². The molecule has 0 saturated carbocycles. The number of anilines is 1. The molecule has 1 heterocycles. The Morgan fingerprint density at radius 2 is 1.71 bits per heavy atom. The fourth-order valence-electron chi connectivity index (χ4n) is 2.09. The molecule has 1 N–H and O–H groups in total. The second-order valence-electron chi connectivity index (χ2n) is 4.72. The summed E-state index contributed by atoms with van der Waals surface area (Å²) in [6.45, 7) is 0. The number of amidine groups is 1. The zero-order chi connectivity index (χ0) is 17.6. The minimum atomic E-state index is -4.04. The van der Waals surface area contributed by atoms with E-state index in [9.17, 15) is 18.5 Å². The predicted octanol–water partition coefficient (Wildman–Crippen LogP) is 4.12. The van der Waals surface area contributed by atoms with Crippen LogP contribution in [0.3, 0.4) is 0 Å². The van der Waals surface area contributed by atoms with Crippen LogP contribution < -0.4 is 5.32 Å². The number of hydrogen-bond acceptors (Lipinski definition) is 5. The number of nitrogens with one attached hydrogen (secondary N) is 1. The number of nitro groups is 1. The molecule has 0 aromatic heterocycles. The standard InChI is InChI=1S/C13H6Cl3N3O4S/c14-8-4-10(16)11(5-9(8)15)17-13-7-2-1-6(19(20)21)3-12(7)24(22,23)18-13/h1-5H,(H,17,18). The molecular formula is C13H6Cl3N3O4S. The van der Waals surface area contributed by atoms with Gasteiger partial charge < -0.3 is 5.32 Å². The lowest BCUT2D eigenvalue weighted by Gasteiger charge is -2.09. The number of nitrogens with zero attached hydrogens (tertiary/aromatic N) is 2. The van der Waals surface area contributed by atoms with Crippen molar-refractivity contribution in [1.82, 2.24) is 0 Å². The zero-order valence-electron chi connectivity index (χ0n) is 11.5. The third-order valence-corrected chi connectivity index (χ3v) is 5.53. The summed E-state index contributed by atoms with van der Waals surface area (Å²) in [6.07, 6.45) is 0. The first-order chi connectivity index (χ1) is 11.2. The van der Waals surface area contributed by atoms with Crippen LogP contribution in [0.1, 0.15) is 5.56 Å². The van der Waals surface area contributed by atoms with Gasteiger partial charge in [0.15, 0.2) is 5.84 Å². The molecule has 7 nitrogen and oxygen atoms in total. The van der Waals surface area contributed by atoms with Crippen molar-refractivity contribution in [3.05, 3.63) is 61.1 Å². The maximum absolute atomic E-state index is 12.1. The van der Waals surface area contributed by atoms with Crippen LogP contribution in [0, 0.1) is 10.1 Å². The lowest BCUT2D eigenvalue weighted by Crippen LogP contribution is -2.12. The summed E-state index contributed by atoms with van der Waals surface area (Å²) in [5.74, 6) is -0.0137. The molecule has 0 amide bonds. The molecule has 2 aromatic carbocycles. The average molecular weight is 407 g/mol. The van der Waals surface area contributed by atoms with Crippen LogP contribution in [0.15, 0.2) is 39.6 Å². The quantitative estimate of drug-likeness (QED) is 0.459. The maximum Gasteiger partial charge on any atom is 0.285 e. The van der Waals surface area contributed by atoms with Gasteiger partial charge in [0.2, 0.25) is 0 Å². The van der Waals surface area contributed by atoms with E-state index < -0.39 is 14.9 Å². The van der Waals surface area contributed by atoms with E-state index in [0.717, 1.165) is 6.07 Å². The highest BCUT2D eigenvalue weighted by molar-refractivity contribution is 7.90. The number of sulfonamides is 1. The van der Waals surface area contributed by atoms with Crippen molar-refractivity contribution in [2.24, 2.45) is 4.40 Å². The molecule has 3 rings (SSSR count). The molecule has 0 saturated heterocycles. The number of fused-ring (bicyclic) bond motifs is 1. The van der Waals surface area contributed by atoms with Gasteiger partial charge in [-0.1, -0.05) is 34.8 Å². The number of halogens is 3. The molecule has 11 heteroatoms. The van der Waals surface area contributed by atoms with Gasteiger partial charge in [0.05, 0.1) is 25.7 Å². The lowest BCUT2D eigenvalue weighted by molar-refractivity contribution is -0.385. The molecule has 0 unspecified atom stereocenters. The van der Waals surface area contributed by atoms with Gasteiger partial charge in [-0.05, 0) is 18.2 Å². The van der Waals surface area contributed by atoms with E-state index in [1.54, 1.807) is 0 Å². The molecule has 0 radical (unpaired) electrons. The molecule has 0 atom stereocenters. The minimum absolute atomic E-state index is 0.0137. The summed E-state index contributed by atoms with van der Waals surface area (Å²) >= 11 is 17.8. The Hall–Kier alpha value is -1.87. The van der Waals surface area contributed by atoms with Gasteiger partial charge in [0, 0.05) is 17.7 Å². The van der Waals surface area contributed by atoms with Gasteiger partial charge in [-0.25, -0.2) is 0 Å². The Balaban J connectivity index is 2.07. The molecular weight excluding hydrogens is 401 g/mol. The largest absolute Gasteiger partial charge is 0.338 e. The third kappa shape index (κ3) is 2.93. The van der Waals surface area contributed by atoms with Gasteiger partial charge in [-0.3, -0.25) is 10.1 Å². The van der Waals surface area contributed by atoms with Crippen molar-refractivity contribution in [2.75, 3.05) is 5.32 Å². The van der Waals surface area contributed by atoms with Gasteiger partial charge in [0.1, 0.15) is 4.90 Å². The van der Waals surface area contributed by atoms with Crippen molar-refractivity contribution in [1.29, 1.82) is 0 Å². The number of nitro benzene ring substituents is 1. The van der Waals surface area contributed by atoms with Crippen LogP contribution in [-0.4, -0.2) is 19.2 Å². The van der Waals surface area contributed by atoms with E-state index in [2.05, 4.69) is 9.71 Å². The van der Waals surface area contributed by atoms with E-state index >= 15 is 0 Å². The van der Waals surface area contributed by atoms with Crippen LogP contribution in [-0.2, 0) is 10.0 Å². The Kier molecular flexibility index (Phi) is 4.16. The molecule has 24 heavy (non-hydrogen) atoms. The summed E-state index contributed by atoms with van der Waals surface area (Å²) < 4.78 is 27.8. The highest BCUT2D eigenvalue weighted by atomic mass is 35.5. The van der Waals surface area contributed by atoms with Gasteiger partial charge in [0.25, 0.3) is 15.7 Å². The summed E-state index contributed by atoms with van der Waals surface area (Å²) in [5.41, 5.74) is 0.148. The fourth-order valence-corrected chi connectivity index (χ4v) is 3.88. The first-order valence-corrected chi connectivity index (χ1v) is 8.82. The Morgan fingerprint density at radius 1 is 1.04 bits per heavy atom. The number of hydrogen-bond donors (Lipinski definition) is 1. The number of rotatable bonds is 2. The van der Waals surface area contributed by atoms with Crippen LogP contribution in [0.2, 0.25) is 15.1 Å². The molecule has 2 aromatic rings. The summed E-state index contributed by atoms with van der Waals surface area (Å²) in [5, 5.41) is 14.2. The van der Waals surface area contributed by atoms with Crippen molar-refractivity contribution >= 4 is 62.0 Å². The van der Waals surface area contributed by atoms with Crippen LogP contribution >= 0.6 is 34.8 Å². The second-order valence-corrected chi connectivity index (χ2v) is 7.52. The van der Waals surface area contributed by atoms with Crippen LogP contribution in [0.25, 0.3) is 0 Å². The fraction of sp³-hybridized carbons (Fsp3) is 0. The summed E-state index contributed by atoms with van der Waals surface area (Å²) in [7, 11) is -4.04. The Morgan fingerprint density at radius 3 is 2.38 bits per heavy atom. The monoisotopic (exact) mass is 405 g/mol. The molecule has 0 bridgehead atoms. The molecule has 1 aliphatic heterocycles. The molecule has 124 valence electrons. The molecule has 0 spiro atoms. The van der Waals surface area contributed by atoms with Crippen LogP contribution in [0.5, 0.6) is 0 Å². The van der Waals surface area contributed by atoms with Crippen molar-refractivity contribution < 1.29 is 13.3 Å². The lowest BCUT2D eigenvalue weighted by atomic mass is 10.2. The van der Waals surface area contributed by atoms with Gasteiger partial charge in [-0.15, -0.1) is 4.40 Å². The van der Waals surface area contributed by atoms with Gasteiger partial charge in [-0.2, -0.15) is 8.42 Å². The minimum Gasteiger partial charge on any atom is -0.338 e. The van der Waals surface area contributed by atoms with Gasteiger partial charge >= 0.3 is 0 Å². The SMILES string of the molecule is O=[N+]([O-])c1ccc2c(c1)S(=O)(=O)N=C2Nc1cc(Cl)c(Cl)cc1Cl. The highest BCUT2D eigenvalue weighted by Crippen LogP contribution is 2.35. The summed E-state index contributed by atoms with van der Waals surface area (Å²) in [6, 6.07) is 6.27. The van der Waals surface area contributed by atoms with E-state index in [4.69, 9.17) is 34.8 Å². The molecule has 0 aliphatic carbocycles. The first kappa shape index (κ1) is 17.0. The van der Waals surface area contributed by atoms with Crippen molar-refractivity contribution in [3.8, 4) is 0 Å². The Labute approximate surface area is 151 Å². The Bertz CT molecular complexity index is 1020. The van der Waals surface area contributed by atoms with Crippen molar-refractivity contribution in [3.63, 3.8) is 0 Å². The third-order valence-electron chi connectivity index (χ3n) is 3.18. The number of non-ortho nitro benzene ring substituents is 1. The van der Waals surface area contributed by atoms with E-state index in [0.29, 0.717) is 5.69 Å². The topological polar surface area (TPSA) is 102 Å². The average Bonchev–Trinajstić information content (AvgIpc) is 2.75. The van der Waals surface area contributed by atoms with Crippen molar-refractivity contribution in [2.45, 2.75) is 4.90 Å². The summed E-state index contributed by atoms with van der Waals surface area (Å²) in [4.78, 5) is 9.87. The maximum atomic E-state index is 12.1. The second kappa shape index (κ2) is 5.89. The normalized spacial score (nSPS) is 14.9. The molecule has 1 aliphatic rings.